The molecule has 1 aliphatic heterocycles. The van der Waals surface area contributed by atoms with Gasteiger partial charge >= 0.3 is 11.9 Å². The number of nitrogen functional groups attached to an aromatic ring is 1. The first-order valence-corrected chi connectivity index (χ1v) is 6.10. The fourth-order valence-corrected chi connectivity index (χ4v) is 2.30. The number of aliphatic hydroxyl groups is 2. The van der Waals surface area contributed by atoms with E-state index < -0.39 is 42.4 Å². The Labute approximate surface area is 125 Å². The first-order chi connectivity index (χ1) is 10.7. The molecule has 1 aromatic rings. The molecule has 1 aliphatic rings. The van der Waals surface area contributed by atoms with Crippen molar-refractivity contribution in [1.82, 2.24) is 9.55 Å². The minimum absolute atomic E-state index is 0.225. The number of aromatic nitrogens is 2. The summed E-state index contributed by atoms with van der Waals surface area (Å²) < 4.78 is 45.2. The van der Waals surface area contributed by atoms with Crippen LogP contribution in [0.1, 0.15) is 6.23 Å². The third-order valence-corrected chi connectivity index (χ3v) is 3.38. The lowest BCUT2D eigenvalue weighted by Gasteiger charge is -2.25. The van der Waals surface area contributed by atoms with E-state index >= 15 is 0 Å². The van der Waals surface area contributed by atoms with Gasteiger partial charge in [0.15, 0.2) is 12.0 Å². The highest BCUT2D eigenvalue weighted by Crippen LogP contribution is 2.49. The number of rotatable bonds is 3. The Morgan fingerprint density at radius 3 is 2.74 bits per heavy atom. The van der Waals surface area contributed by atoms with E-state index in [0.717, 1.165) is 12.3 Å². The van der Waals surface area contributed by atoms with E-state index in [1.165, 1.54) is 0 Å². The van der Waals surface area contributed by atoms with Gasteiger partial charge in [-0.2, -0.15) is 18.2 Å². The number of aliphatic hydroxyl groups excluding tert-OH is 2. The largest absolute Gasteiger partial charge is 0.398 e. The topological polar surface area (TPSA) is 159 Å². The van der Waals surface area contributed by atoms with Crippen LogP contribution in [-0.2, 0) is 4.74 Å². The van der Waals surface area contributed by atoms with Crippen LogP contribution in [0.2, 0.25) is 0 Å². The highest BCUT2D eigenvalue weighted by Gasteiger charge is 2.64. The molecule has 1 saturated heterocycles. The zero-order chi connectivity index (χ0) is 17.4. The van der Waals surface area contributed by atoms with Crippen molar-refractivity contribution in [3.8, 4) is 0 Å². The summed E-state index contributed by atoms with van der Waals surface area (Å²) in [6, 6.07) is 1.05. The Kier molecular flexibility index (Phi) is 4.22. The van der Waals surface area contributed by atoms with E-state index in [4.69, 9.17) is 16.0 Å². The van der Waals surface area contributed by atoms with Crippen LogP contribution in [0.3, 0.4) is 0 Å². The number of azide groups is 1. The molecule has 4 N–H and O–H groups in total. The summed E-state index contributed by atoms with van der Waals surface area (Å²) in [5.74, 6) is -2.86. The molecule has 4 atom stereocenters. The average Bonchev–Trinajstić information content (AvgIpc) is 2.72. The quantitative estimate of drug-likeness (QED) is 0.397. The van der Waals surface area contributed by atoms with Crippen LogP contribution in [0, 0.1) is 5.92 Å². The molecule has 2 rings (SSSR count). The van der Waals surface area contributed by atoms with Crippen molar-refractivity contribution in [1.29, 1.82) is 0 Å². The molecular formula is C10H11F3N6O4. The molecule has 0 aromatic carbocycles. The smallest absolute Gasteiger partial charge is 0.393 e. The van der Waals surface area contributed by atoms with Gasteiger partial charge in [-0.1, -0.05) is 5.11 Å². The van der Waals surface area contributed by atoms with Gasteiger partial charge < -0.3 is 20.7 Å². The zero-order valence-electron chi connectivity index (χ0n) is 11.3. The van der Waals surface area contributed by atoms with Gasteiger partial charge in [-0.05, 0) is 11.6 Å². The number of anilines is 1. The molecule has 0 spiro atoms. The number of ether oxygens (including phenoxy) is 1. The molecule has 1 aromatic heterocycles. The molecule has 2 heterocycles. The molecule has 0 unspecified atom stereocenters. The van der Waals surface area contributed by atoms with E-state index in [0.29, 0.717) is 4.57 Å². The molecule has 1 fully saturated rings. The fraction of sp³-hybridized carbons (Fsp3) is 0.600. The molecule has 23 heavy (non-hydrogen) atoms. The Morgan fingerprint density at radius 1 is 1.61 bits per heavy atom. The summed E-state index contributed by atoms with van der Waals surface area (Å²) in [4.78, 5) is 17.3. The Hall–Kier alpha value is -2.34. The number of hydrogen-bond donors (Lipinski definition) is 3. The van der Waals surface area contributed by atoms with Crippen LogP contribution >= 0.6 is 0 Å². The average molecular weight is 336 g/mol. The molecular weight excluding hydrogens is 325 g/mol. The summed E-state index contributed by atoms with van der Waals surface area (Å²) in [6.45, 7) is -1.22. The number of nitrogens with zero attached hydrogens (tertiary/aromatic N) is 5. The third-order valence-electron chi connectivity index (χ3n) is 3.38. The van der Waals surface area contributed by atoms with Crippen LogP contribution in [0.15, 0.2) is 22.2 Å². The van der Waals surface area contributed by atoms with Crippen molar-refractivity contribution in [3.63, 3.8) is 0 Å². The number of nitrogens with two attached hydrogens (primary N) is 1. The number of halogens is 3. The molecule has 10 nitrogen and oxygen atoms in total. The van der Waals surface area contributed by atoms with Crippen LogP contribution in [0.5, 0.6) is 0 Å². The van der Waals surface area contributed by atoms with Crippen LogP contribution in [0.25, 0.3) is 10.4 Å². The van der Waals surface area contributed by atoms with Crippen molar-refractivity contribution >= 4 is 5.82 Å². The Balaban J connectivity index is 2.60. The number of hydrogen-bond acceptors (Lipinski definition) is 7. The maximum Gasteiger partial charge on any atom is 0.398 e. The maximum atomic E-state index is 13.3. The molecule has 0 aliphatic carbocycles. The van der Waals surface area contributed by atoms with Gasteiger partial charge in [-0.3, -0.25) is 4.57 Å². The standard InChI is InChI=1S/C10H11F3N6O4/c11-10(12,13)5-6(21)9(3-20,17-18-15)23-7(5)19-2-1-4(14)16-8(19)22/h1-2,5-7,20-21H,3H2,(H2,14,16,22)/t5-,6-,7+,9+/m0/s1. The van der Waals surface area contributed by atoms with Crippen molar-refractivity contribution in [3.05, 3.63) is 33.2 Å². The molecule has 13 heteroatoms. The van der Waals surface area contributed by atoms with Gasteiger partial charge in [-0.15, -0.1) is 0 Å². The fourth-order valence-electron chi connectivity index (χ4n) is 2.30. The van der Waals surface area contributed by atoms with Crippen molar-refractivity contribution in [2.24, 2.45) is 11.0 Å². The summed E-state index contributed by atoms with van der Waals surface area (Å²) in [5.41, 5.74) is 9.97. The molecule has 0 amide bonds. The second-order valence-electron chi connectivity index (χ2n) is 4.76. The van der Waals surface area contributed by atoms with Crippen molar-refractivity contribution in [2.45, 2.75) is 24.2 Å². The van der Waals surface area contributed by atoms with E-state index in [9.17, 15) is 28.2 Å². The second-order valence-corrected chi connectivity index (χ2v) is 4.76. The summed E-state index contributed by atoms with van der Waals surface area (Å²) in [5, 5.41) is 22.1. The van der Waals surface area contributed by atoms with Crippen LogP contribution < -0.4 is 11.4 Å². The zero-order valence-corrected chi connectivity index (χ0v) is 11.3. The SMILES string of the molecule is [N-]=[N+]=N[C@]1(CO)O[C@@H](n2ccc(N)nc2=O)[C@@H](C(F)(F)F)[C@@H]1O. The lowest BCUT2D eigenvalue weighted by Crippen LogP contribution is -2.46. The highest BCUT2D eigenvalue weighted by molar-refractivity contribution is 5.23. The van der Waals surface area contributed by atoms with E-state index in [1.807, 2.05) is 0 Å². The predicted octanol–water partition coefficient (Wildman–Crippen LogP) is -0.107. The summed E-state index contributed by atoms with van der Waals surface area (Å²) >= 11 is 0. The third kappa shape index (κ3) is 2.82. The van der Waals surface area contributed by atoms with Crippen molar-refractivity contribution < 1.29 is 28.1 Å². The summed E-state index contributed by atoms with van der Waals surface area (Å²) in [7, 11) is 0. The lowest BCUT2D eigenvalue weighted by atomic mass is 9.95. The lowest BCUT2D eigenvalue weighted by molar-refractivity contribution is -0.211. The van der Waals surface area contributed by atoms with Gasteiger partial charge in [0.2, 0.25) is 0 Å². The van der Waals surface area contributed by atoms with Gasteiger partial charge in [0.05, 0.1) is 6.61 Å². The normalized spacial score (nSPS) is 30.9. The van der Waals surface area contributed by atoms with Gasteiger partial charge in [0, 0.05) is 11.1 Å². The van der Waals surface area contributed by atoms with Crippen LogP contribution in [0.4, 0.5) is 19.0 Å². The molecule has 126 valence electrons. The molecule has 0 bridgehead atoms. The minimum Gasteiger partial charge on any atom is -0.393 e. The monoisotopic (exact) mass is 336 g/mol. The van der Waals surface area contributed by atoms with Crippen molar-refractivity contribution in [2.75, 3.05) is 12.3 Å². The Bertz CT molecular complexity index is 703. The predicted molar refractivity (Wildman–Crippen MR) is 67.5 cm³/mol. The molecule has 0 saturated carbocycles. The highest BCUT2D eigenvalue weighted by atomic mass is 19.4. The van der Waals surface area contributed by atoms with E-state index in [-0.39, 0.29) is 5.82 Å². The second kappa shape index (κ2) is 5.70. The maximum absolute atomic E-state index is 13.3. The Morgan fingerprint density at radius 2 is 2.26 bits per heavy atom. The summed E-state index contributed by atoms with van der Waals surface area (Å²) in [6.07, 6.45) is -8.65. The van der Waals surface area contributed by atoms with Crippen LogP contribution in [-0.4, -0.2) is 44.4 Å². The first kappa shape index (κ1) is 17.0. The number of alkyl halides is 3. The van der Waals surface area contributed by atoms with Gasteiger partial charge in [0.1, 0.15) is 17.8 Å². The molecule has 0 radical (unpaired) electrons. The first-order valence-electron chi connectivity index (χ1n) is 6.10. The minimum atomic E-state index is -5.02. The van der Waals surface area contributed by atoms with Gasteiger partial charge in [-0.25, -0.2) is 4.79 Å². The van der Waals surface area contributed by atoms with E-state index in [2.05, 4.69) is 15.0 Å². The van der Waals surface area contributed by atoms with Gasteiger partial charge in [0.25, 0.3) is 0 Å². The van der Waals surface area contributed by atoms with E-state index in [1.54, 1.807) is 0 Å².